The molecule has 0 heterocycles. The summed E-state index contributed by atoms with van der Waals surface area (Å²) in [4.78, 5) is 2.64. The molecule has 1 unspecified atom stereocenters. The highest BCUT2D eigenvalue weighted by molar-refractivity contribution is 6.08. The van der Waals surface area contributed by atoms with Gasteiger partial charge in [0.15, 0.2) is 0 Å². The number of para-hydroxylation sites is 1. The first-order valence-corrected chi connectivity index (χ1v) is 20.8. The fourth-order valence-corrected chi connectivity index (χ4v) is 10.7. The highest BCUT2D eigenvalue weighted by Gasteiger charge is 2.51. The van der Waals surface area contributed by atoms with E-state index in [1.165, 1.54) is 112 Å². The van der Waals surface area contributed by atoms with E-state index in [4.69, 9.17) is 0 Å². The molecule has 1 nitrogen and oxygen atoms in total. The zero-order valence-electron chi connectivity index (χ0n) is 33.2. The summed E-state index contributed by atoms with van der Waals surface area (Å²) in [5.74, 6) is 0. The van der Waals surface area contributed by atoms with Gasteiger partial charge in [-0.25, -0.2) is 0 Å². The van der Waals surface area contributed by atoms with Crippen LogP contribution in [0.5, 0.6) is 0 Å². The van der Waals surface area contributed by atoms with Crippen molar-refractivity contribution in [3.05, 3.63) is 249 Å². The van der Waals surface area contributed by atoms with Crippen molar-refractivity contribution < 1.29 is 0 Å². The second-order valence-corrected chi connectivity index (χ2v) is 16.5. The molecule has 278 valence electrons. The predicted molar refractivity (Wildman–Crippen MR) is 248 cm³/mol. The van der Waals surface area contributed by atoms with Crippen LogP contribution in [0.1, 0.15) is 44.5 Å². The lowest BCUT2D eigenvalue weighted by molar-refractivity contribution is 0.677. The summed E-state index contributed by atoms with van der Waals surface area (Å²) in [5, 5.41) is 0. The summed E-state index contributed by atoms with van der Waals surface area (Å²) >= 11 is 0. The summed E-state index contributed by atoms with van der Waals surface area (Å²) < 4.78 is 0. The Hall–Kier alpha value is -7.22. The molecule has 0 fully saturated rings. The van der Waals surface area contributed by atoms with Crippen molar-refractivity contribution in [1.29, 1.82) is 0 Å². The third kappa shape index (κ3) is 4.85. The Kier molecular flexibility index (Phi) is 7.40. The van der Waals surface area contributed by atoms with Crippen LogP contribution in [-0.2, 0) is 6.42 Å². The van der Waals surface area contributed by atoms with Crippen LogP contribution in [0.3, 0.4) is 0 Å². The highest BCUT2D eigenvalue weighted by Crippen LogP contribution is 2.64. The number of hydrogen-bond acceptors (Lipinski definition) is 1. The van der Waals surface area contributed by atoms with Gasteiger partial charge in [0, 0.05) is 16.8 Å². The van der Waals surface area contributed by atoms with Crippen LogP contribution in [0.25, 0.3) is 56.7 Å². The van der Waals surface area contributed by atoms with E-state index in [1.807, 2.05) is 0 Å². The summed E-state index contributed by atoms with van der Waals surface area (Å²) in [5.41, 5.74) is 26.3. The molecule has 0 N–H and O–H groups in total. The van der Waals surface area contributed by atoms with Gasteiger partial charge >= 0.3 is 0 Å². The van der Waals surface area contributed by atoms with Gasteiger partial charge < -0.3 is 4.90 Å². The number of benzene rings is 7. The molecular weight excluding hydrogens is 711 g/mol. The first kappa shape index (κ1) is 33.9. The van der Waals surface area contributed by atoms with Crippen molar-refractivity contribution >= 4 is 34.7 Å². The lowest BCUT2D eigenvalue weighted by Crippen LogP contribution is -2.37. The Labute approximate surface area is 346 Å². The van der Waals surface area contributed by atoms with Crippen LogP contribution in [0.15, 0.2) is 205 Å². The first-order valence-electron chi connectivity index (χ1n) is 20.8. The van der Waals surface area contributed by atoms with Crippen LogP contribution in [0, 0.1) is 19.3 Å². The minimum absolute atomic E-state index is 0.610. The Bertz CT molecular complexity index is 3120. The molecular formula is C58H41N. The maximum atomic E-state index is 2.64. The molecule has 59 heavy (non-hydrogen) atoms. The number of anilines is 2. The lowest BCUT2D eigenvalue weighted by atomic mass is 9.63. The first-order chi connectivity index (χ1) is 29.1. The second kappa shape index (κ2) is 12.9. The molecule has 0 saturated carbocycles. The topological polar surface area (TPSA) is 3.24 Å². The second-order valence-electron chi connectivity index (χ2n) is 16.5. The van der Waals surface area contributed by atoms with Crippen LogP contribution in [0.4, 0.5) is 11.4 Å². The van der Waals surface area contributed by atoms with E-state index >= 15 is 0 Å². The molecule has 1 atom stereocenters. The van der Waals surface area contributed by atoms with Gasteiger partial charge in [0.1, 0.15) is 0 Å². The third-order valence-electron chi connectivity index (χ3n) is 13.5. The van der Waals surface area contributed by atoms with Crippen LogP contribution >= 0.6 is 0 Å². The molecule has 0 amide bonds. The molecule has 0 bridgehead atoms. The van der Waals surface area contributed by atoms with Gasteiger partial charge in [0.25, 0.3) is 0 Å². The molecule has 5 aliphatic carbocycles. The van der Waals surface area contributed by atoms with Crippen LogP contribution < -0.4 is 4.90 Å². The quantitative estimate of drug-likeness (QED) is 0.169. The number of allylic oxidation sites excluding steroid dienone is 7. The number of nitrogens with zero attached hydrogens (tertiary/aromatic N) is 1. The minimum atomic E-state index is -0.610. The van der Waals surface area contributed by atoms with E-state index in [-0.39, 0.29) is 0 Å². The molecule has 0 aromatic heterocycles. The highest BCUT2D eigenvalue weighted by atomic mass is 15.2. The van der Waals surface area contributed by atoms with E-state index in [9.17, 15) is 0 Å². The Morgan fingerprint density at radius 3 is 1.85 bits per heavy atom. The average molecular weight is 752 g/mol. The fraction of sp³-hybridized carbons (Fsp3) is 0.0690. The van der Waals surface area contributed by atoms with E-state index in [2.05, 4.69) is 219 Å². The zero-order valence-corrected chi connectivity index (χ0v) is 33.2. The van der Waals surface area contributed by atoms with Crippen molar-refractivity contribution in [2.24, 2.45) is 5.41 Å². The molecule has 0 saturated heterocycles. The van der Waals surface area contributed by atoms with E-state index in [0.29, 0.717) is 0 Å². The monoisotopic (exact) mass is 751 g/mol. The normalized spacial score (nSPS) is 17.4. The third-order valence-corrected chi connectivity index (χ3v) is 13.5. The molecule has 0 radical (unpaired) electrons. The predicted octanol–water partition coefficient (Wildman–Crippen LogP) is 14.8. The zero-order chi connectivity index (χ0) is 39.2. The van der Waals surface area contributed by atoms with Crippen LogP contribution in [-0.4, -0.2) is 0 Å². The van der Waals surface area contributed by atoms with Gasteiger partial charge in [0.05, 0.1) is 16.8 Å². The molecule has 12 rings (SSSR count). The number of rotatable bonds is 5. The molecule has 7 aromatic carbocycles. The SMILES string of the molecule is Cc1ccc(N(C2=CC=C3C(=Cc4ccccc43)C23C=CC=C2C3=Cc3ccccc32)c2ccccc2-c2ccccc2)c(-c2cccc3c2Cc2ccccc2-3)c1C. The average Bonchev–Trinajstić information content (AvgIpc) is 3.99. The van der Waals surface area contributed by atoms with E-state index < -0.39 is 5.41 Å². The summed E-state index contributed by atoms with van der Waals surface area (Å²) in [6.07, 6.45) is 17.8. The maximum absolute atomic E-state index is 2.64. The van der Waals surface area contributed by atoms with Gasteiger partial charge in [-0.2, -0.15) is 0 Å². The number of hydrogen-bond donors (Lipinski definition) is 0. The standard InChI is InChI=1S/C58H41N/c1-37-29-31-55(57(38(37)2)50-26-14-25-47-43-21-9-6-18-40(43)34-51(47)50)59(54-28-13-12-24-46(54)39-16-4-3-5-17-39)56-32-30-49-45-23-11-8-20-42(45)36-53(49)58(56)33-15-27-48-44-22-10-7-19-41(44)35-52(48)58/h3-33,35-36H,34H2,1-2H3. The largest absolute Gasteiger partial charge is 0.311 e. The fourth-order valence-electron chi connectivity index (χ4n) is 10.7. The minimum Gasteiger partial charge on any atom is -0.311 e. The van der Waals surface area contributed by atoms with E-state index in [1.54, 1.807) is 0 Å². The van der Waals surface area contributed by atoms with Crippen molar-refractivity contribution in [3.63, 3.8) is 0 Å². The molecule has 1 spiro atoms. The molecule has 7 aromatic rings. The van der Waals surface area contributed by atoms with E-state index in [0.717, 1.165) is 12.1 Å². The molecule has 0 aliphatic heterocycles. The summed E-state index contributed by atoms with van der Waals surface area (Å²) in [6.45, 7) is 4.59. The van der Waals surface area contributed by atoms with Crippen molar-refractivity contribution in [3.8, 4) is 33.4 Å². The Balaban J connectivity index is 1.19. The number of fused-ring (bicyclic) bond motifs is 11. The van der Waals surface area contributed by atoms with Crippen molar-refractivity contribution in [1.82, 2.24) is 0 Å². The summed E-state index contributed by atoms with van der Waals surface area (Å²) in [7, 11) is 0. The van der Waals surface area contributed by atoms with Gasteiger partial charge in [0.2, 0.25) is 0 Å². The van der Waals surface area contributed by atoms with Gasteiger partial charge in [-0.05, 0) is 140 Å². The summed E-state index contributed by atoms with van der Waals surface area (Å²) in [6, 6.07) is 58.4. The smallest absolute Gasteiger partial charge is 0.0803 e. The van der Waals surface area contributed by atoms with Gasteiger partial charge in [-0.1, -0.05) is 170 Å². The van der Waals surface area contributed by atoms with Crippen molar-refractivity contribution in [2.75, 3.05) is 4.90 Å². The Morgan fingerprint density at radius 1 is 0.475 bits per heavy atom. The van der Waals surface area contributed by atoms with Crippen LogP contribution in [0.2, 0.25) is 0 Å². The Morgan fingerprint density at radius 2 is 1.08 bits per heavy atom. The van der Waals surface area contributed by atoms with Gasteiger partial charge in [-0.3, -0.25) is 0 Å². The lowest BCUT2D eigenvalue weighted by Gasteiger charge is -2.47. The number of aryl methyl sites for hydroxylation is 1. The molecule has 5 aliphatic rings. The maximum Gasteiger partial charge on any atom is 0.0803 e. The van der Waals surface area contributed by atoms with Crippen molar-refractivity contribution in [2.45, 2.75) is 20.3 Å². The molecule has 1 heteroatoms. The van der Waals surface area contributed by atoms with Gasteiger partial charge in [-0.15, -0.1) is 0 Å².